The highest BCUT2D eigenvalue weighted by atomic mass is 19.4. The third-order valence-corrected chi connectivity index (χ3v) is 7.31. The molecule has 0 bridgehead atoms. The van der Waals surface area contributed by atoms with E-state index < -0.39 is 30.8 Å². The van der Waals surface area contributed by atoms with Gasteiger partial charge in [-0.25, -0.2) is 10.4 Å². The standard InChI is InChI=1S/C22H26F3N5O2/c23-22(24,25)21(32)10-13-3-4-15(9-14(13)11-21)28-19-18-17(6-8-27-20(18)31)30(29-19)16(5-7-26)12-1-2-12/h3-4,9,12,16-19,28-29,32H,1-2,5-6,8,10-11H2,(H,27,31)/t16-,17?,18?,19?,21?/m0/s1. The van der Waals surface area contributed by atoms with Crippen molar-refractivity contribution in [2.45, 2.75) is 68.6 Å². The minimum atomic E-state index is -4.70. The lowest BCUT2D eigenvalue weighted by molar-refractivity contribution is -0.255. The first-order chi connectivity index (χ1) is 15.2. The Morgan fingerprint density at radius 2 is 2.03 bits per heavy atom. The summed E-state index contributed by atoms with van der Waals surface area (Å²) in [4.78, 5) is 12.7. The lowest BCUT2D eigenvalue weighted by atomic mass is 9.90. The van der Waals surface area contributed by atoms with Crippen LogP contribution in [0.1, 0.15) is 36.8 Å². The Kier molecular flexibility index (Phi) is 5.11. The number of carbonyl (C=O) groups excluding carboxylic acids is 1. The number of anilines is 1. The van der Waals surface area contributed by atoms with Crippen LogP contribution in [0.25, 0.3) is 0 Å². The fraction of sp³-hybridized carbons (Fsp3) is 0.636. The van der Waals surface area contributed by atoms with Crippen molar-refractivity contribution in [3.8, 4) is 6.07 Å². The highest BCUT2D eigenvalue weighted by Gasteiger charge is 2.56. The van der Waals surface area contributed by atoms with E-state index in [4.69, 9.17) is 0 Å². The first kappa shape index (κ1) is 21.5. The fourth-order valence-corrected chi connectivity index (χ4v) is 5.49. The Morgan fingerprint density at radius 3 is 2.72 bits per heavy atom. The van der Waals surface area contributed by atoms with Crippen LogP contribution >= 0.6 is 0 Å². The summed E-state index contributed by atoms with van der Waals surface area (Å²) in [7, 11) is 0. The summed E-state index contributed by atoms with van der Waals surface area (Å²) in [5.74, 6) is -0.0245. The van der Waals surface area contributed by atoms with Crippen molar-refractivity contribution in [2.24, 2.45) is 11.8 Å². The Morgan fingerprint density at radius 1 is 1.28 bits per heavy atom. The van der Waals surface area contributed by atoms with E-state index in [2.05, 4.69) is 27.1 Å². The van der Waals surface area contributed by atoms with Gasteiger partial charge in [0.2, 0.25) is 5.91 Å². The van der Waals surface area contributed by atoms with Crippen LogP contribution in [-0.2, 0) is 17.6 Å². The van der Waals surface area contributed by atoms with Gasteiger partial charge in [-0.05, 0) is 48.4 Å². The maximum atomic E-state index is 13.3. The van der Waals surface area contributed by atoms with E-state index >= 15 is 0 Å². The van der Waals surface area contributed by atoms with Crippen LogP contribution in [0.5, 0.6) is 0 Å². The molecule has 2 heterocycles. The molecular weight excluding hydrogens is 423 g/mol. The Balaban J connectivity index is 1.37. The maximum absolute atomic E-state index is 13.3. The zero-order chi connectivity index (χ0) is 22.7. The van der Waals surface area contributed by atoms with Gasteiger partial charge in [0.1, 0.15) is 6.17 Å². The number of benzene rings is 1. The second-order valence-corrected chi connectivity index (χ2v) is 9.46. The van der Waals surface area contributed by atoms with Gasteiger partial charge in [-0.1, -0.05) is 6.07 Å². The van der Waals surface area contributed by atoms with E-state index in [9.17, 15) is 28.3 Å². The third kappa shape index (κ3) is 3.62. The van der Waals surface area contributed by atoms with Crippen molar-refractivity contribution >= 4 is 11.6 Å². The molecule has 0 radical (unpaired) electrons. The molecule has 0 spiro atoms. The van der Waals surface area contributed by atoms with Gasteiger partial charge >= 0.3 is 6.18 Å². The van der Waals surface area contributed by atoms with Crippen molar-refractivity contribution < 1.29 is 23.1 Å². The van der Waals surface area contributed by atoms with E-state index in [1.807, 2.05) is 0 Å². The van der Waals surface area contributed by atoms with Crippen molar-refractivity contribution in [3.05, 3.63) is 29.3 Å². The van der Waals surface area contributed by atoms with Gasteiger partial charge in [0, 0.05) is 37.2 Å². The van der Waals surface area contributed by atoms with Gasteiger partial charge in [-0.3, -0.25) is 4.79 Å². The van der Waals surface area contributed by atoms with Crippen molar-refractivity contribution in [2.75, 3.05) is 11.9 Å². The molecule has 4 unspecified atom stereocenters. The number of carbonyl (C=O) groups is 1. The predicted molar refractivity (Wildman–Crippen MR) is 109 cm³/mol. The molecule has 32 heavy (non-hydrogen) atoms. The average molecular weight is 449 g/mol. The molecule has 4 N–H and O–H groups in total. The Labute approximate surface area is 183 Å². The zero-order valence-electron chi connectivity index (χ0n) is 17.5. The lowest BCUT2D eigenvalue weighted by Crippen LogP contribution is -2.52. The number of hydrogen-bond donors (Lipinski definition) is 4. The van der Waals surface area contributed by atoms with Crippen LogP contribution in [-0.4, -0.2) is 52.6 Å². The number of halogens is 3. The summed E-state index contributed by atoms with van der Waals surface area (Å²) in [5.41, 5.74) is 2.20. The largest absolute Gasteiger partial charge is 0.417 e. The molecule has 1 saturated carbocycles. The summed E-state index contributed by atoms with van der Waals surface area (Å²) in [6, 6.07) is 7.18. The van der Waals surface area contributed by atoms with Gasteiger partial charge < -0.3 is 15.7 Å². The second-order valence-electron chi connectivity index (χ2n) is 9.46. The summed E-state index contributed by atoms with van der Waals surface area (Å²) >= 11 is 0. The number of piperidine rings is 1. The van der Waals surface area contributed by atoms with Crippen molar-refractivity contribution in [1.29, 1.82) is 5.26 Å². The first-order valence-corrected chi connectivity index (χ1v) is 11.1. The van der Waals surface area contributed by atoms with Gasteiger partial charge in [-0.15, -0.1) is 0 Å². The van der Waals surface area contributed by atoms with Gasteiger partial charge in [0.05, 0.1) is 18.4 Å². The minimum Gasteiger partial charge on any atom is -0.380 e. The van der Waals surface area contributed by atoms with Crippen molar-refractivity contribution in [1.82, 2.24) is 15.8 Å². The molecule has 2 aliphatic carbocycles. The third-order valence-electron chi connectivity index (χ3n) is 7.31. The molecule has 7 nitrogen and oxygen atoms in total. The number of hydrogen-bond acceptors (Lipinski definition) is 6. The molecule has 1 amide bonds. The molecule has 1 aromatic carbocycles. The molecule has 5 atom stereocenters. The molecular formula is C22H26F3N5O2. The normalized spacial score (nSPS) is 33.2. The zero-order valence-corrected chi connectivity index (χ0v) is 17.5. The quantitative estimate of drug-likeness (QED) is 0.548. The van der Waals surface area contributed by atoms with Crippen LogP contribution in [0, 0.1) is 23.2 Å². The Bertz CT molecular complexity index is 960. The molecule has 172 valence electrons. The monoisotopic (exact) mass is 449 g/mol. The molecule has 2 aliphatic heterocycles. The van der Waals surface area contributed by atoms with Crippen molar-refractivity contribution in [3.63, 3.8) is 0 Å². The number of nitrogens with zero attached hydrogens (tertiary/aromatic N) is 2. The van der Waals surface area contributed by atoms with Crippen LogP contribution in [0.3, 0.4) is 0 Å². The Hall–Kier alpha value is -2.35. The molecule has 2 saturated heterocycles. The van der Waals surface area contributed by atoms with E-state index in [0.717, 1.165) is 19.3 Å². The smallest absolute Gasteiger partial charge is 0.380 e. The van der Waals surface area contributed by atoms with Gasteiger partial charge in [0.25, 0.3) is 0 Å². The number of nitriles is 1. The van der Waals surface area contributed by atoms with E-state index in [1.165, 1.54) is 0 Å². The molecule has 4 aliphatic rings. The van der Waals surface area contributed by atoms with Crippen LogP contribution in [0.2, 0.25) is 0 Å². The van der Waals surface area contributed by atoms with E-state index in [1.54, 1.807) is 18.2 Å². The minimum absolute atomic E-state index is 0.0343. The lowest BCUT2D eigenvalue weighted by Gasteiger charge is -2.34. The average Bonchev–Trinajstić information content (AvgIpc) is 3.41. The molecule has 1 aromatic rings. The number of hydrazine groups is 1. The fourth-order valence-electron chi connectivity index (χ4n) is 5.49. The van der Waals surface area contributed by atoms with Crippen LogP contribution in [0.4, 0.5) is 18.9 Å². The summed E-state index contributed by atoms with van der Waals surface area (Å²) in [6.07, 6.45) is -2.79. The molecule has 0 aromatic heterocycles. The highest BCUT2D eigenvalue weighted by molar-refractivity contribution is 5.82. The van der Waals surface area contributed by atoms with Crippen LogP contribution < -0.4 is 16.1 Å². The number of aliphatic hydroxyl groups is 1. The second kappa shape index (κ2) is 7.61. The first-order valence-electron chi connectivity index (χ1n) is 11.1. The number of alkyl halides is 3. The summed E-state index contributed by atoms with van der Waals surface area (Å²) in [6.45, 7) is 0.573. The maximum Gasteiger partial charge on any atom is 0.417 e. The molecule has 3 fully saturated rings. The van der Waals surface area contributed by atoms with E-state index in [-0.39, 0.29) is 23.9 Å². The summed E-state index contributed by atoms with van der Waals surface area (Å²) in [5, 5.41) is 27.7. The highest BCUT2D eigenvalue weighted by Crippen LogP contribution is 2.43. The van der Waals surface area contributed by atoms with Gasteiger partial charge in [0.15, 0.2) is 5.60 Å². The number of fused-ring (bicyclic) bond motifs is 2. The molecule has 5 rings (SSSR count). The van der Waals surface area contributed by atoms with E-state index in [0.29, 0.717) is 35.7 Å². The van der Waals surface area contributed by atoms with Crippen LogP contribution in [0.15, 0.2) is 18.2 Å². The predicted octanol–water partition coefficient (Wildman–Crippen LogP) is 1.83. The SMILES string of the molecule is N#CC[C@@H](C1CC1)N1NC(Nc2ccc3c(c2)CC(O)(C(F)(F)F)C3)C2C(=O)NCCC21. The number of amides is 1. The summed E-state index contributed by atoms with van der Waals surface area (Å²) < 4.78 is 39.8. The topological polar surface area (TPSA) is 100 Å². The molecule has 10 heteroatoms. The number of nitrogens with one attached hydrogen (secondary N) is 3. The number of rotatable bonds is 5. The van der Waals surface area contributed by atoms with Gasteiger partial charge in [-0.2, -0.15) is 18.4 Å².